The molecule has 0 aliphatic heterocycles. The summed E-state index contributed by atoms with van der Waals surface area (Å²) >= 11 is 0. The molecule has 154 valence electrons. The molecule has 30 heavy (non-hydrogen) atoms. The number of aromatic nitrogens is 2. The van der Waals surface area contributed by atoms with Crippen LogP contribution in [0.4, 0.5) is 5.69 Å². The van der Waals surface area contributed by atoms with Gasteiger partial charge in [-0.2, -0.15) is 10.2 Å². The van der Waals surface area contributed by atoms with Crippen molar-refractivity contribution in [2.24, 2.45) is 12.1 Å². The SMILES string of the molecule is Cn1nc(-c2ccc(N/N=C(\CCC(=O)O)c3ccc(O)cc3O)cc2)ccc1=O. The molecule has 0 unspecified atom stereocenters. The van der Waals surface area contributed by atoms with E-state index in [-0.39, 0.29) is 29.9 Å². The standard InChI is InChI=1S/C21H20N4O5/c1-25-20(28)10-8-17(24-25)13-2-4-14(5-3-13)22-23-18(9-11-21(29)30)16-7-6-15(26)12-19(16)27/h2-8,10,12,22,26-27H,9,11H2,1H3,(H,29,30)/b23-18+. The second-order valence-corrected chi connectivity index (χ2v) is 6.52. The number of hydrazone groups is 1. The number of phenolic OH excluding ortho intramolecular Hbond substituents is 2. The number of anilines is 1. The van der Waals surface area contributed by atoms with Gasteiger partial charge in [-0.25, -0.2) is 4.68 Å². The third kappa shape index (κ3) is 5.02. The van der Waals surface area contributed by atoms with Crippen molar-refractivity contribution in [1.82, 2.24) is 9.78 Å². The van der Waals surface area contributed by atoms with E-state index in [9.17, 15) is 19.8 Å². The molecule has 0 spiro atoms. The van der Waals surface area contributed by atoms with Crippen molar-refractivity contribution in [3.05, 3.63) is 70.5 Å². The highest BCUT2D eigenvalue weighted by Gasteiger charge is 2.12. The summed E-state index contributed by atoms with van der Waals surface area (Å²) < 4.78 is 1.25. The van der Waals surface area contributed by atoms with Gasteiger partial charge in [0.1, 0.15) is 11.5 Å². The average molecular weight is 408 g/mol. The van der Waals surface area contributed by atoms with Crippen LogP contribution in [-0.4, -0.2) is 36.8 Å². The number of benzene rings is 2. The van der Waals surface area contributed by atoms with Crippen molar-refractivity contribution in [2.45, 2.75) is 12.8 Å². The van der Waals surface area contributed by atoms with Gasteiger partial charge in [-0.15, -0.1) is 0 Å². The molecule has 0 saturated carbocycles. The maximum atomic E-state index is 11.5. The van der Waals surface area contributed by atoms with E-state index >= 15 is 0 Å². The number of nitrogens with zero attached hydrogens (tertiary/aromatic N) is 3. The van der Waals surface area contributed by atoms with Crippen LogP contribution in [0.5, 0.6) is 11.5 Å². The number of carbonyl (C=O) groups is 1. The maximum Gasteiger partial charge on any atom is 0.303 e. The highest BCUT2D eigenvalue weighted by atomic mass is 16.4. The zero-order valence-electron chi connectivity index (χ0n) is 16.1. The fourth-order valence-electron chi connectivity index (χ4n) is 2.74. The minimum atomic E-state index is -0.991. The van der Waals surface area contributed by atoms with Crippen LogP contribution >= 0.6 is 0 Å². The number of hydrogen-bond donors (Lipinski definition) is 4. The fourth-order valence-corrected chi connectivity index (χ4v) is 2.74. The minimum Gasteiger partial charge on any atom is -0.508 e. The number of rotatable bonds is 7. The fraction of sp³-hybridized carbons (Fsp3) is 0.143. The Bertz CT molecular complexity index is 1150. The van der Waals surface area contributed by atoms with Gasteiger partial charge < -0.3 is 15.3 Å². The van der Waals surface area contributed by atoms with Gasteiger partial charge in [-0.1, -0.05) is 12.1 Å². The van der Waals surface area contributed by atoms with Crippen molar-refractivity contribution >= 4 is 17.4 Å². The Kier molecular flexibility index (Phi) is 6.11. The first kappa shape index (κ1) is 20.6. The summed E-state index contributed by atoms with van der Waals surface area (Å²) in [6, 6.07) is 14.2. The molecule has 2 aromatic carbocycles. The van der Waals surface area contributed by atoms with Crippen molar-refractivity contribution in [3.63, 3.8) is 0 Å². The maximum absolute atomic E-state index is 11.5. The van der Waals surface area contributed by atoms with Crippen LogP contribution in [0.15, 0.2) is 64.5 Å². The van der Waals surface area contributed by atoms with E-state index in [1.807, 2.05) is 0 Å². The van der Waals surface area contributed by atoms with Crippen LogP contribution in [0.2, 0.25) is 0 Å². The number of hydrogen-bond acceptors (Lipinski definition) is 7. The lowest BCUT2D eigenvalue weighted by Gasteiger charge is -2.10. The first-order chi connectivity index (χ1) is 14.3. The lowest BCUT2D eigenvalue weighted by atomic mass is 10.0. The Hall–Kier alpha value is -4.14. The molecule has 0 fully saturated rings. The Labute approximate surface area is 171 Å². The molecule has 0 aliphatic carbocycles. The molecule has 9 heteroatoms. The Morgan fingerprint density at radius 3 is 2.43 bits per heavy atom. The summed E-state index contributed by atoms with van der Waals surface area (Å²) in [5.74, 6) is -1.29. The number of aliphatic carboxylic acids is 1. The van der Waals surface area contributed by atoms with Crippen LogP contribution in [0.1, 0.15) is 18.4 Å². The predicted octanol–water partition coefficient (Wildman–Crippen LogP) is 2.54. The molecule has 3 aromatic rings. The molecular weight excluding hydrogens is 388 g/mol. The summed E-state index contributed by atoms with van der Waals surface area (Å²) in [5.41, 5.74) is 5.40. The van der Waals surface area contributed by atoms with E-state index in [2.05, 4.69) is 15.6 Å². The summed E-state index contributed by atoms with van der Waals surface area (Å²) in [6.45, 7) is 0. The zero-order valence-corrected chi connectivity index (χ0v) is 16.1. The van der Waals surface area contributed by atoms with Crippen LogP contribution in [0.25, 0.3) is 11.3 Å². The highest BCUT2D eigenvalue weighted by Crippen LogP contribution is 2.25. The van der Waals surface area contributed by atoms with E-state index in [1.54, 1.807) is 37.4 Å². The Morgan fingerprint density at radius 1 is 1.07 bits per heavy atom. The largest absolute Gasteiger partial charge is 0.508 e. The molecule has 1 heterocycles. The number of aryl methyl sites for hydroxylation is 1. The molecule has 0 atom stereocenters. The van der Waals surface area contributed by atoms with E-state index in [1.165, 1.54) is 28.9 Å². The first-order valence-corrected chi connectivity index (χ1v) is 9.05. The number of carboxylic acid groups (broad SMARTS) is 1. The van der Waals surface area contributed by atoms with Crippen molar-refractivity contribution in [3.8, 4) is 22.8 Å². The smallest absolute Gasteiger partial charge is 0.303 e. The summed E-state index contributed by atoms with van der Waals surface area (Å²) in [6.07, 6.45) is -0.0844. The lowest BCUT2D eigenvalue weighted by Crippen LogP contribution is -2.18. The summed E-state index contributed by atoms with van der Waals surface area (Å²) in [5, 5.41) is 37.0. The lowest BCUT2D eigenvalue weighted by molar-refractivity contribution is -0.136. The Balaban J connectivity index is 1.83. The van der Waals surface area contributed by atoms with E-state index < -0.39 is 5.97 Å². The normalized spacial score (nSPS) is 11.3. The number of aromatic hydroxyl groups is 2. The van der Waals surface area contributed by atoms with E-state index in [4.69, 9.17) is 5.11 Å². The highest BCUT2D eigenvalue weighted by molar-refractivity contribution is 6.04. The molecule has 0 radical (unpaired) electrons. The molecule has 9 nitrogen and oxygen atoms in total. The van der Waals surface area contributed by atoms with Gasteiger partial charge in [0.05, 0.1) is 23.5 Å². The minimum absolute atomic E-state index is 0.0840. The first-order valence-electron chi connectivity index (χ1n) is 9.05. The van der Waals surface area contributed by atoms with Gasteiger partial charge in [0.25, 0.3) is 5.56 Å². The zero-order chi connectivity index (χ0) is 21.7. The quantitative estimate of drug-likeness (QED) is 0.348. The number of carboxylic acids is 1. The van der Waals surface area contributed by atoms with Crippen molar-refractivity contribution in [2.75, 3.05) is 5.43 Å². The monoisotopic (exact) mass is 408 g/mol. The Morgan fingerprint density at radius 2 is 1.80 bits per heavy atom. The second-order valence-electron chi connectivity index (χ2n) is 6.52. The third-order valence-corrected chi connectivity index (χ3v) is 4.33. The van der Waals surface area contributed by atoms with E-state index in [0.29, 0.717) is 22.7 Å². The van der Waals surface area contributed by atoms with Crippen LogP contribution in [-0.2, 0) is 11.8 Å². The van der Waals surface area contributed by atoms with Crippen LogP contribution < -0.4 is 11.0 Å². The molecular formula is C21H20N4O5. The molecule has 4 N–H and O–H groups in total. The van der Waals surface area contributed by atoms with E-state index in [0.717, 1.165) is 5.56 Å². The summed E-state index contributed by atoms with van der Waals surface area (Å²) in [7, 11) is 1.58. The van der Waals surface area contributed by atoms with Gasteiger partial charge in [-0.3, -0.25) is 15.0 Å². The number of nitrogens with one attached hydrogen (secondary N) is 1. The molecule has 0 bridgehead atoms. The van der Waals surface area contributed by atoms with Crippen LogP contribution in [0.3, 0.4) is 0 Å². The molecule has 1 aromatic heterocycles. The van der Waals surface area contributed by atoms with Gasteiger partial charge in [0, 0.05) is 36.7 Å². The van der Waals surface area contributed by atoms with Gasteiger partial charge >= 0.3 is 5.97 Å². The molecule has 0 saturated heterocycles. The van der Waals surface area contributed by atoms with Crippen molar-refractivity contribution in [1.29, 1.82) is 0 Å². The van der Waals surface area contributed by atoms with Gasteiger partial charge in [0.15, 0.2) is 0 Å². The van der Waals surface area contributed by atoms with Gasteiger partial charge in [-0.05, 0) is 30.3 Å². The second kappa shape index (κ2) is 8.91. The predicted molar refractivity (Wildman–Crippen MR) is 112 cm³/mol. The molecule has 0 amide bonds. The molecule has 3 rings (SSSR count). The average Bonchev–Trinajstić information content (AvgIpc) is 2.71. The summed E-state index contributed by atoms with van der Waals surface area (Å²) in [4.78, 5) is 22.4. The van der Waals surface area contributed by atoms with Gasteiger partial charge in [0.2, 0.25) is 0 Å². The van der Waals surface area contributed by atoms with Crippen molar-refractivity contribution < 1.29 is 20.1 Å². The topological polar surface area (TPSA) is 137 Å². The molecule has 0 aliphatic rings. The third-order valence-electron chi connectivity index (χ3n) is 4.33. The van der Waals surface area contributed by atoms with Crippen LogP contribution in [0, 0.1) is 0 Å². The number of phenols is 2.